The first-order chi connectivity index (χ1) is 8.81. The van der Waals surface area contributed by atoms with Crippen molar-refractivity contribution in [1.29, 1.82) is 0 Å². The number of carbonyl (C=O) groups is 1. The molecule has 19 heavy (non-hydrogen) atoms. The van der Waals surface area contributed by atoms with Gasteiger partial charge in [0, 0.05) is 6.42 Å². The van der Waals surface area contributed by atoms with Gasteiger partial charge in [0.1, 0.15) is 0 Å². The quantitative estimate of drug-likeness (QED) is 0.753. The molecule has 1 rings (SSSR count). The van der Waals surface area contributed by atoms with Gasteiger partial charge in [-0.1, -0.05) is 17.7 Å². The molecule has 0 aliphatic carbocycles. The van der Waals surface area contributed by atoms with Crippen LogP contribution in [0.3, 0.4) is 0 Å². The highest BCUT2D eigenvalue weighted by Crippen LogP contribution is 2.14. The lowest BCUT2D eigenvalue weighted by Gasteiger charge is -2.08. The van der Waals surface area contributed by atoms with Gasteiger partial charge in [-0.15, -0.1) is 0 Å². The van der Waals surface area contributed by atoms with E-state index in [1.54, 1.807) is 38.1 Å². The van der Waals surface area contributed by atoms with Crippen LogP contribution in [0.1, 0.15) is 32.3 Å². The lowest BCUT2D eigenvalue weighted by Crippen LogP contribution is -2.13. The van der Waals surface area contributed by atoms with Gasteiger partial charge in [0.05, 0.1) is 16.8 Å². The monoisotopic (exact) mass is 284 g/mol. The summed E-state index contributed by atoms with van der Waals surface area (Å²) in [5.74, 6) is -0.391. The zero-order valence-corrected chi connectivity index (χ0v) is 12.4. The first-order valence-corrected chi connectivity index (χ1v) is 7.95. The zero-order chi connectivity index (χ0) is 14.5. The Morgan fingerprint density at radius 3 is 2.32 bits per heavy atom. The number of ether oxygens (including phenoxy) is 1. The fourth-order valence-electron chi connectivity index (χ4n) is 1.59. The Morgan fingerprint density at radius 2 is 1.79 bits per heavy atom. The predicted octanol–water partition coefficient (Wildman–Crippen LogP) is 2.50. The second kappa shape index (κ2) is 6.70. The Hall–Kier alpha value is -1.36. The molecule has 0 aromatic heterocycles. The molecule has 0 heterocycles. The van der Waals surface area contributed by atoms with E-state index in [2.05, 4.69) is 0 Å². The number of hydrogen-bond acceptors (Lipinski definition) is 4. The predicted molar refractivity (Wildman–Crippen MR) is 73.7 cm³/mol. The molecule has 0 radical (unpaired) electrons. The summed E-state index contributed by atoms with van der Waals surface area (Å²) >= 11 is 0. The van der Waals surface area contributed by atoms with Crippen LogP contribution < -0.4 is 0 Å². The van der Waals surface area contributed by atoms with Crippen molar-refractivity contribution in [2.45, 2.75) is 44.6 Å². The van der Waals surface area contributed by atoms with E-state index < -0.39 is 9.84 Å². The van der Waals surface area contributed by atoms with Gasteiger partial charge < -0.3 is 4.74 Å². The summed E-state index contributed by atoms with van der Waals surface area (Å²) in [5.41, 5.74) is 1.01. The third-order valence-corrected chi connectivity index (χ3v) is 4.36. The molecule has 1 aromatic rings. The van der Waals surface area contributed by atoms with Crippen molar-refractivity contribution in [1.82, 2.24) is 0 Å². The summed E-state index contributed by atoms with van der Waals surface area (Å²) in [7, 11) is -3.31. The van der Waals surface area contributed by atoms with Gasteiger partial charge in [0.2, 0.25) is 0 Å². The van der Waals surface area contributed by atoms with Crippen molar-refractivity contribution in [2.75, 3.05) is 5.75 Å². The molecule has 0 spiro atoms. The molecule has 0 saturated carbocycles. The molecular weight excluding hydrogens is 264 g/mol. The van der Waals surface area contributed by atoms with E-state index in [1.165, 1.54) is 0 Å². The number of benzene rings is 1. The van der Waals surface area contributed by atoms with E-state index >= 15 is 0 Å². The molecule has 0 fully saturated rings. The van der Waals surface area contributed by atoms with E-state index in [1.807, 2.05) is 6.92 Å². The molecule has 0 saturated heterocycles. The Bertz CT molecular complexity index is 515. The van der Waals surface area contributed by atoms with Crippen LogP contribution in [0.5, 0.6) is 0 Å². The lowest BCUT2D eigenvalue weighted by atomic mass is 10.2. The Kier molecular flexibility index (Phi) is 5.54. The summed E-state index contributed by atoms with van der Waals surface area (Å²) < 4.78 is 28.9. The largest absolute Gasteiger partial charge is 0.463 e. The van der Waals surface area contributed by atoms with Gasteiger partial charge in [-0.3, -0.25) is 4.79 Å². The highest BCUT2D eigenvalue weighted by atomic mass is 32.2. The second-order valence-electron chi connectivity index (χ2n) is 4.77. The Balaban J connectivity index is 2.52. The number of aryl methyl sites for hydroxylation is 1. The lowest BCUT2D eigenvalue weighted by molar-refractivity contribution is -0.147. The van der Waals surface area contributed by atoms with Crippen molar-refractivity contribution in [3.8, 4) is 0 Å². The van der Waals surface area contributed by atoms with Crippen LogP contribution in [0.2, 0.25) is 0 Å². The first-order valence-electron chi connectivity index (χ1n) is 6.30. The van der Waals surface area contributed by atoms with Crippen molar-refractivity contribution in [3.05, 3.63) is 29.8 Å². The smallest absolute Gasteiger partial charge is 0.306 e. The molecular formula is C14H20O4S. The third-order valence-electron chi connectivity index (χ3n) is 2.54. The van der Waals surface area contributed by atoms with E-state index in [-0.39, 0.29) is 30.7 Å². The minimum Gasteiger partial charge on any atom is -0.463 e. The van der Waals surface area contributed by atoms with Crippen LogP contribution in [0.25, 0.3) is 0 Å². The normalized spacial score (nSPS) is 11.6. The maximum Gasteiger partial charge on any atom is 0.306 e. The number of sulfone groups is 1. The highest BCUT2D eigenvalue weighted by Gasteiger charge is 2.15. The first kappa shape index (κ1) is 15.7. The number of rotatable bonds is 6. The van der Waals surface area contributed by atoms with Gasteiger partial charge in [-0.25, -0.2) is 8.42 Å². The molecule has 106 valence electrons. The molecule has 0 amide bonds. The maximum atomic E-state index is 12.0. The average Bonchev–Trinajstić information content (AvgIpc) is 2.28. The zero-order valence-electron chi connectivity index (χ0n) is 11.5. The van der Waals surface area contributed by atoms with Crippen LogP contribution in [0.15, 0.2) is 29.2 Å². The van der Waals surface area contributed by atoms with Crippen molar-refractivity contribution < 1.29 is 17.9 Å². The van der Waals surface area contributed by atoms with Gasteiger partial charge in [0.25, 0.3) is 0 Å². The molecule has 0 bridgehead atoms. The van der Waals surface area contributed by atoms with Gasteiger partial charge in [-0.05, 0) is 39.3 Å². The number of carbonyl (C=O) groups excluding carboxylic acids is 1. The Morgan fingerprint density at radius 1 is 1.21 bits per heavy atom. The summed E-state index contributed by atoms with van der Waals surface area (Å²) in [6.45, 7) is 5.43. The fraction of sp³-hybridized carbons (Fsp3) is 0.500. The van der Waals surface area contributed by atoms with E-state index in [0.29, 0.717) is 4.90 Å². The summed E-state index contributed by atoms with van der Waals surface area (Å²) in [5, 5.41) is 0. The van der Waals surface area contributed by atoms with Crippen molar-refractivity contribution >= 4 is 15.8 Å². The van der Waals surface area contributed by atoms with Crippen LogP contribution >= 0.6 is 0 Å². The maximum absolute atomic E-state index is 12.0. The minimum absolute atomic E-state index is 0.0384. The SMILES string of the molecule is Cc1ccc(S(=O)(=O)CCCC(=O)OC(C)C)cc1. The summed E-state index contributed by atoms with van der Waals surface area (Å²) in [6.07, 6.45) is 0.242. The minimum atomic E-state index is -3.31. The highest BCUT2D eigenvalue weighted by molar-refractivity contribution is 7.91. The Labute approximate surface area is 114 Å². The summed E-state index contributed by atoms with van der Waals surface area (Å²) in [4.78, 5) is 11.6. The molecule has 0 N–H and O–H groups in total. The molecule has 0 aliphatic rings. The summed E-state index contributed by atoms with van der Waals surface area (Å²) in [6, 6.07) is 6.72. The van der Waals surface area contributed by atoms with E-state index in [0.717, 1.165) is 5.56 Å². The number of hydrogen-bond donors (Lipinski definition) is 0. The van der Waals surface area contributed by atoms with Crippen LogP contribution in [-0.4, -0.2) is 26.2 Å². The van der Waals surface area contributed by atoms with E-state index in [9.17, 15) is 13.2 Å². The number of esters is 1. The topological polar surface area (TPSA) is 60.4 Å². The molecule has 5 heteroatoms. The van der Waals surface area contributed by atoms with Crippen molar-refractivity contribution in [2.24, 2.45) is 0 Å². The van der Waals surface area contributed by atoms with Gasteiger partial charge in [-0.2, -0.15) is 0 Å². The van der Waals surface area contributed by atoms with Gasteiger partial charge >= 0.3 is 5.97 Å². The average molecular weight is 284 g/mol. The van der Waals surface area contributed by atoms with Gasteiger partial charge in [0.15, 0.2) is 9.84 Å². The standard InChI is InChI=1S/C14H20O4S/c1-11(2)18-14(15)5-4-10-19(16,17)13-8-6-12(3)7-9-13/h6-9,11H,4-5,10H2,1-3H3. The van der Waals surface area contributed by atoms with E-state index in [4.69, 9.17) is 4.74 Å². The van der Waals surface area contributed by atoms with Crippen LogP contribution in [-0.2, 0) is 19.4 Å². The van der Waals surface area contributed by atoms with Crippen molar-refractivity contribution in [3.63, 3.8) is 0 Å². The third kappa shape index (κ3) is 5.42. The molecule has 1 aromatic carbocycles. The second-order valence-corrected chi connectivity index (χ2v) is 6.88. The van der Waals surface area contributed by atoms with Crippen LogP contribution in [0.4, 0.5) is 0 Å². The molecule has 0 atom stereocenters. The van der Waals surface area contributed by atoms with Crippen LogP contribution in [0, 0.1) is 6.92 Å². The fourth-order valence-corrected chi connectivity index (χ4v) is 2.90. The molecule has 0 aliphatic heterocycles. The molecule has 4 nitrogen and oxygen atoms in total. The molecule has 0 unspecified atom stereocenters.